The van der Waals surface area contributed by atoms with Crippen molar-refractivity contribution in [3.8, 4) is 0 Å². The minimum atomic E-state index is -0.349. The molecule has 2 aromatic carbocycles. The van der Waals surface area contributed by atoms with Gasteiger partial charge in [0.2, 0.25) is 5.91 Å². The molecule has 1 N–H and O–H groups in total. The van der Waals surface area contributed by atoms with Crippen molar-refractivity contribution in [2.75, 3.05) is 23.3 Å². The van der Waals surface area contributed by atoms with E-state index in [1.807, 2.05) is 6.07 Å². The fourth-order valence-electron chi connectivity index (χ4n) is 3.33. The second kappa shape index (κ2) is 7.03. The Morgan fingerprint density at radius 1 is 1.31 bits per heavy atom. The molecule has 1 aliphatic rings. The molecule has 1 saturated heterocycles. The normalized spacial score (nSPS) is 17.5. The molecule has 4 nitrogen and oxygen atoms in total. The van der Waals surface area contributed by atoms with E-state index in [1.54, 1.807) is 23.5 Å². The number of anilines is 2. The van der Waals surface area contributed by atoms with Crippen molar-refractivity contribution in [3.63, 3.8) is 0 Å². The third kappa shape index (κ3) is 3.55. The molecule has 1 fully saturated rings. The van der Waals surface area contributed by atoms with Crippen LogP contribution in [0.15, 0.2) is 42.5 Å². The summed E-state index contributed by atoms with van der Waals surface area (Å²) in [6.45, 7) is 3.62. The van der Waals surface area contributed by atoms with Crippen LogP contribution in [0, 0.1) is 18.7 Å². The Morgan fingerprint density at radius 2 is 2.19 bits per heavy atom. The number of aromatic nitrogens is 1. The predicted molar refractivity (Wildman–Crippen MR) is 104 cm³/mol. The minimum Gasteiger partial charge on any atom is -0.347 e. The third-order valence-corrected chi connectivity index (χ3v) is 5.77. The molecule has 1 atom stereocenters. The molecule has 134 valence electrons. The van der Waals surface area contributed by atoms with Crippen LogP contribution in [0.4, 0.5) is 15.2 Å². The van der Waals surface area contributed by atoms with Gasteiger partial charge in [-0.1, -0.05) is 23.5 Å². The van der Waals surface area contributed by atoms with Gasteiger partial charge in [0.15, 0.2) is 5.13 Å². The number of hydrogen-bond donors (Lipinski definition) is 1. The molecule has 0 spiro atoms. The summed E-state index contributed by atoms with van der Waals surface area (Å²) in [5.74, 6) is -0.532. The summed E-state index contributed by atoms with van der Waals surface area (Å²) in [6, 6.07) is 12.3. The Hall–Kier alpha value is -2.47. The van der Waals surface area contributed by atoms with E-state index in [-0.39, 0.29) is 17.6 Å². The zero-order chi connectivity index (χ0) is 18.1. The lowest BCUT2D eigenvalue weighted by atomic mass is 9.97. The van der Waals surface area contributed by atoms with Crippen LogP contribution in [0.5, 0.6) is 0 Å². The SMILES string of the molecule is Cc1ccc2nc(N3CCCC(C(=O)Nc4cccc(F)c4)C3)sc2c1. The Kier molecular flexibility index (Phi) is 4.59. The maximum atomic E-state index is 13.3. The molecule has 1 aromatic heterocycles. The molecule has 3 aromatic rings. The van der Waals surface area contributed by atoms with Crippen molar-refractivity contribution in [3.05, 3.63) is 53.8 Å². The molecule has 0 aliphatic carbocycles. The second-order valence-electron chi connectivity index (χ2n) is 6.75. The zero-order valence-electron chi connectivity index (χ0n) is 14.5. The molecule has 0 bridgehead atoms. The van der Waals surface area contributed by atoms with E-state index in [4.69, 9.17) is 4.98 Å². The minimum absolute atomic E-state index is 0.0581. The Morgan fingerprint density at radius 3 is 3.04 bits per heavy atom. The lowest BCUT2D eigenvalue weighted by Crippen LogP contribution is -2.40. The van der Waals surface area contributed by atoms with Gasteiger partial charge in [-0.05, 0) is 55.7 Å². The van der Waals surface area contributed by atoms with E-state index < -0.39 is 0 Å². The van der Waals surface area contributed by atoms with Gasteiger partial charge in [0.05, 0.1) is 16.1 Å². The first-order chi connectivity index (χ1) is 12.6. The molecule has 26 heavy (non-hydrogen) atoms. The molecule has 1 unspecified atom stereocenters. The van der Waals surface area contributed by atoms with Crippen LogP contribution in [0.1, 0.15) is 18.4 Å². The first-order valence-corrected chi connectivity index (χ1v) is 9.59. The number of thiazole rings is 1. The molecule has 0 radical (unpaired) electrons. The lowest BCUT2D eigenvalue weighted by Gasteiger charge is -2.31. The van der Waals surface area contributed by atoms with Gasteiger partial charge in [-0.2, -0.15) is 0 Å². The van der Waals surface area contributed by atoms with E-state index in [0.717, 1.165) is 30.0 Å². The largest absolute Gasteiger partial charge is 0.347 e. The number of amides is 1. The number of carbonyl (C=O) groups excluding carboxylic acids is 1. The highest BCUT2D eigenvalue weighted by atomic mass is 32.1. The number of fused-ring (bicyclic) bond motifs is 1. The summed E-state index contributed by atoms with van der Waals surface area (Å²) < 4.78 is 14.5. The summed E-state index contributed by atoms with van der Waals surface area (Å²) in [6.07, 6.45) is 1.78. The summed E-state index contributed by atoms with van der Waals surface area (Å²) in [7, 11) is 0. The summed E-state index contributed by atoms with van der Waals surface area (Å²) in [5.41, 5.74) is 2.73. The molecule has 6 heteroatoms. The maximum Gasteiger partial charge on any atom is 0.229 e. The molecular formula is C20H20FN3OS. The van der Waals surface area contributed by atoms with Gasteiger partial charge in [-0.25, -0.2) is 9.37 Å². The zero-order valence-corrected chi connectivity index (χ0v) is 15.4. The smallest absolute Gasteiger partial charge is 0.229 e. The molecular weight excluding hydrogens is 349 g/mol. The van der Waals surface area contributed by atoms with Crippen LogP contribution in [-0.2, 0) is 4.79 Å². The average Bonchev–Trinajstić information content (AvgIpc) is 3.05. The molecule has 4 rings (SSSR count). The van der Waals surface area contributed by atoms with Crippen molar-refractivity contribution in [1.82, 2.24) is 4.98 Å². The summed E-state index contributed by atoms with van der Waals surface area (Å²) in [4.78, 5) is 19.5. The molecule has 2 heterocycles. The quantitative estimate of drug-likeness (QED) is 0.734. The van der Waals surface area contributed by atoms with Crippen molar-refractivity contribution in [2.45, 2.75) is 19.8 Å². The van der Waals surface area contributed by atoms with Crippen LogP contribution >= 0.6 is 11.3 Å². The van der Waals surface area contributed by atoms with Crippen LogP contribution in [0.2, 0.25) is 0 Å². The number of halogens is 1. The van der Waals surface area contributed by atoms with E-state index in [9.17, 15) is 9.18 Å². The number of hydrogen-bond acceptors (Lipinski definition) is 4. The Balaban J connectivity index is 1.48. The number of piperidine rings is 1. The van der Waals surface area contributed by atoms with E-state index in [1.165, 1.54) is 22.4 Å². The van der Waals surface area contributed by atoms with Crippen LogP contribution in [0.3, 0.4) is 0 Å². The molecule has 0 saturated carbocycles. The maximum absolute atomic E-state index is 13.3. The van der Waals surface area contributed by atoms with Crippen molar-refractivity contribution < 1.29 is 9.18 Å². The Labute approximate surface area is 155 Å². The summed E-state index contributed by atoms with van der Waals surface area (Å²) >= 11 is 1.67. The van der Waals surface area contributed by atoms with Gasteiger partial charge < -0.3 is 10.2 Å². The topological polar surface area (TPSA) is 45.2 Å². The number of nitrogens with zero attached hydrogens (tertiary/aromatic N) is 2. The van der Waals surface area contributed by atoms with Crippen LogP contribution < -0.4 is 10.2 Å². The van der Waals surface area contributed by atoms with Gasteiger partial charge in [-0.3, -0.25) is 4.79 Å². The number of rotatable bonds is 3. The van der Waals surface area contributed by atoms with Crippen LogP contribution in [0.25, 0.3) is 10.2 Å². The first kappa shape index (κ1) is 17.0. The van der Waals surface area contributed by atoms with Crippen LogP contribution in [-0.4, -0.2) is 24.0 Å². The highest BCUT2D eigenvalue weighted by molar-refractivity contribution is 7.22. The average molecular weight is 369 g/mol. The molecule has 1 amide bonds. The van der Waals surface area contributed by atoms with Gasteiger partial charge in [-0.15, -0.1) is 0 Å². The van der Waals surface area contributed by atoms with Gasteiger partial charge in [0.1, 0.15) is 5.82 Å². The third-order valence-electron chi connectivity index (χ3n) is 4.69. The lowest BCUT2D eigenvalue weighted by molar-refractivity contribution is -0.120. The highest BCUT2D eigenvalue weighted by Crippen LogP contribution is 2.32. The fraction of sp³-hybridized carbons (Fsp3) is 0.300. The van der Waals surface area contributed by atoms with Gasteiger partial charge >= 0.3 is 0 Å². The predicted octanol–water partition coefficient (Wildman–Crippen LogP) is 4.60. The summed E-state index contributed by atoms with van der Waals surface area (Å²) in [5, 5.41) is 3.80. The fourth-order valence-corrected chi connectivity index (χ4v) is 4.43. The number of carbonyl (C=O) groups is 1. The number of nitrogens with one attached hydrogen (secondary N) is 1. The van der Waals surface area contributed by atoms with Crippen molar-refractivity contribution in [1.29, 1.82) is 0 Å². The van der Waals surface area contributed by atoms with E-state index in [0.29, 0.717) is 12.2 Å². The highest BCUT2D eigenvalue weighted by Gasteiger charge is 2.27. The Bertz CT molecular complexity index is 955. The van der Waals surface area contributed by atoms with Crippen molar-refractivity contribution >= 4 is 38.3 Å². The second-order valence-corrected chi connectivity index (χ2v) is 7.76. The van der Waals surface area contributed by atoms with E-state index in [2.05, 4.69) is 29.3 Å². The van der Waals surface area contributed by atoms with Crippen molar-refractivity contribution in [2.24, 2.45) is 5.92 Å². The monoisotopic (exact) mass is 369 g/mol. The van der Waals surface area contributed by atoms with Gasteiger partial charge in [0, 0.05) is 18.8 Å². The van der Waals surface area contributed by atoms with Gasteiger partial charge in [0.25, 0.3) is 0 Å². The first-order valence-electron chi connectivity index (χ1n) is 8.77. The number of aryl methyl sites for hydroxylation is 1. The number of benzene rings is 2. The standard InChI is InChI=1S/C20H20FN3OS/c1-13-7-8-17-18(10-13)26-20(23-17)24-9-3-4-14(12-24)19(25)22-16-6-2-5-15(21)11-16/h2,5-8,10-11,14H,3-4,9,12H2,1H3,(H,22,25). The molecule has 1 aliphatic heterocycles. The van der Waals surface area contributed by atoms with E-state index >= 15 is 0 Å².